The molecule has 0 amide bonds. The summed E-state index contributed by atoms with van der Waals surface area (Å²) >= 11 is 0. The zero-order valence-corrected chi connectivity index (χ0v) is 12.2. The Kier molecular flexibility index (Phi) is 4.68. The van der Waals surface area contributed by atoms with Gasteiger partial charge in [-0.05, 0) is 52.9 Å². The van der Waals surface area contributed by atoms with E-state index in [-0.39, 0.29) is 5.54 Å². The van der Waals surface area contributed by atoms with Crippen LogP contribution in [0.1, 0.15) is 46.0 Å². The van der Waals surface area contributed by atoms with Crippen LogP contribution in [-0.2, 0) is 4.74 Å². The Morgan fingerprint density at radius 2 is 1.89 bits per heavy atom. The fraction of sp³-hybridized carbons (Fsp3) is 0.867. The molecule has 0 spiro atoms. The van der Waals surface area contributed by atoms with E-state index in [2.05, 4.69) is 30.1 Å². The van der Waals surface area contributed by atoms with Crippen LogP contribution in [0.4, 0.5) is 0 Å². The molecule has 18 heavy (non-hydrogen) atoms. The molecule has 2 aliphatic rings. The molecule has 1 atom stereocenters. The Morgan fingerprint density at radius 3 is 2.39 bits per heavy atom. The van der Waals surface area contributed by atoms with Crippen LogP contribution >= 0.6 is 0 Å². The highest BCUT2D eigenvalue weighted by atomic mass is 16.5. The van der Waals surface area contributed by atoms with Gasteiger partial charge in [-0.2, -0.15) is 0 Å². The molecule has 2 aliphatic heterocycles. The van der Waals surface area contributed by atoms with Crippen LogP contribution in [-0.4, -0.2) is 43.2 Å². The topological polar surface area (TPSA) is 24.5 Å². The van der Waals surface area contributed by atoms with Crippen molar-refractivity contribution in [3.8, 4) is 0 Å². The SMILES string of the molecule is CNC(C1=CCCO1)C(C)(C)N1CCCCCC1. The van der Waals surface area contributed by atoms with Gasteiger partial charge < -0.3 is 10.1 Å². The van der Waals surface area contributed by atoms with E-state index >= 15 is 0 Å². The third-order valence-electron chi connectivity index (χ3n) is 4.43. The molecule has 0 bridgehead atoms. The molecule has 0 aromatic rings. The first-order chi connectivity index (χ1) is 8.66. The minimum absolute atomic E-state index is 0.120. The number of likely N-dealkylation sites (tertiary alicyclic amines) is 1. The zero-order valence-electron chi connectivity index (χ0n) is 12.2. The molecule has 1 unspecified atom stereocenters. The van der Waals surface area contributed by atoms with E-state index in [1.807, 2.05) is 7.05 Å². The van der Waals surface area contributed by atoms with E-state index in [1.54, 1.807) is 0 Å². The van der Waals surface area contributed by atoms with Gasteiger partial charge in [-0.1, -0.05) is 12.8 Å². The lowest BCUT2D eigenvalue weighted by Crippen LogP contribution is -2.58. The maximum atomic E-state index is 5.79. The average Bonchev–Trinajstić information content (AvgIpc) is 2.70. The molecule has 0 aromatic carbocycles. The normalized spacial score (nSPS) is 24.3. The number of nitrogens with zero attached hydrogens (tertiary/aromatic N) is 1. The van der Waals surface area contributed by atoms with Crippen molar-refractivity contribution in [2.45, 2.75) is 57.5 Å². The quantitative estimate of drug-likeness (QED) is 0.832. The van der Waals surface area contributed by atoms with Crippen molar-refractivity contribution in [1.82, 2.24) is 10.2 Å². The molecule has 3 heteroatoms. The number of nitrogens with one attached hydrogen (secondary N) is 1. The highest BCUT2D eigenvalue weighted by Gasteiger charge is 2.38. The highest BCUT2D eigenvalue weighted by molar-refractivity contribution is 5.15. The van der Waals surface area contributed by atoms with E-state index in [0.717, 1.165) is 18.8 Å². The van der Waals surface area contributed by atoms with Gasteiger partial charge in [0.05, 0.1) is 12.6 Å². The van der Waals surface area contributed by atoms with Crippen LogP contribution in [0, 0.1) is 0 Å². The van der Waals surface area contributed by atoms with E-state index in [0.29, 0.717) is 6.04 Å². The molecule has 1 saturated heterocycles. The van der Waals surface area contributed by atoms with Gasteiger partial charge in [0.2, 0.25) is 0 Å². The lowest BCUT2D eigenvalue weighted by molar-refractivity contribution is 0.0731. The second-order valence-electron chi connectivity index (χ2n) is 6.02. The van der Waals surface area contributed by atoms with Crippen LogP contribution in [0.5, 0.6) is 0 Å². The monoisotopic (exact) mass is 252 g/mol. The van der Waals surface area contributed by atoms with Crippen molar-refractivity contribution < 1.29 is 4.74 Å². The van der Waals surface area contributed by atoms with Gasteiger partial charge in [-0.15, -0.1) is 0 Å². The summed E-state index contributed by atoms with van der Waals surface area (Å²) < 4.78 is 5.79. The maximum absolute atomic E-state index is 5.79. The largest absolute Gasteiger partial charge is 0.496 e. The molecule has 0 radical (unpaired) electrons. The van der Waals surface area contributed by atoms with Gasteiger partial charge in [0.25, 0.3) is 0 Å². The van der Waals surface area contributed by atoms with Crippen molar-refractivity contribution in [3.05, 3.63) is 11.8 Å². The van der Waals surface area contributed by atoms with E-state index in [9.17, 15) is 0 Å². The van der Waals surface area contributed by atoms with Crippen LogP contribution in [0.25, 0.3) is 0 Å². The average molecular weight is 252 g/mol. The molecule has 1 fully saturated rings. The van der Waals surface area contributed by atoms with Crippen LogP contribution in [0.3, 0.4) is 0 Å². The van der Waals surface area contributed by atoms with Gasteiger partial charge in [-0.3, -0.25) is 4.90 Å². The first-order valence-corrected chi connectivity index (χ1v) is 7.41. The summed E-state index contributed by atoms with van der Waals surface area (Å²) in [6.45, 7) is 7.99. The summed E-state index contributed by atoms with van der Waals surface area (Å²) in [5, 5.41) is 3.47. The molecular formula is C15H28N2O. The third kappa shape index (κ3) is 2.89. The minimum Gasteiger partial charge on any atom is -0.496 e. The number of rotatable bonds is 4. The molecule has 3 nitrogen and oxygen atoms in total. The van der Waals surface area contributed by atoms with Gasteiger partial charge in [-0.25, -0.2) is 0 Å². The minimum atomic E-state index is 0.120. The summed E-state index contributed by atoms with van der Waals surface area (Å²) in [5.74, 6) is 1.15. The van der Waals surface area contributed by atoms with Gasteiger partial charge in [0.15, 0.2) is 0 Å². The molecule has 0 aromatic heterocycles. The zero-order chi connectivity index (χ0) is 13.0. The Balaban J connectivity index is 2.10. The standard InChI is InChI=1S/C15H28N2O/c1-15(2,17-10-6-4-5-7-11-17)14(16-3)13-9-8-12-18-13/h9,14,16H,4-8,10-12H2,1-3H3. The number of likely N-dealkylation sites (N-methyl/N-ethyl adjacent to an activating group) is 1. The van der Waals surface area contributed by atoms with Gasteiger partial charge in [0, 0.05) is 12.0 Å². The van der Waals surface area contributed by atoms with Crippen molar-refractivity contribution in [3.63, 3.8) is 0 Å². The van der Waals surface area contributed by atoms with Crippen LogP contribution in [0.15, 0.2) is 11.8 Å². The molecule has 104 valence electrons. The van der Waals surface area contributed by atoms with Crippen LogP contribution in [0.2, 0.25) is 0 Å². The molecule has 1 N–H and O–H groups in total. The van der Waals surface area contributed by atoms with E-state index in [1.165, 1.54) is 38.8 Å². The van der Waals surface area contributed by atoms with E-state index < -0.39 is 0 Å². The van der Waals surface area contributed by atoms with Crippen molar-refractivity contribution in [2.75, 3.05) is 26.7 Å². The fourth-order valence-corrected chi connectivity index (χ4v) is 3.31. The molecular weight excluding hydrogens is 224 g/mol. The lowest BCUT2D eigenvalue weighted by Gasteiger charge is -2.43. The molecule has 2 rings (SSSR count). The first-order valence-electron chi connectivity index (χ1n) is 7.41. The number of hydrogen-bond donors (Lipinski definition) is 1. The lowest BCUT2D eigenvalue weighted by atomic mass is 9.90. The highest BCUT2D eigenvalue weighted by Crippen LogP contribution is 2.29. The Bertz CT molecular complexity index is 291. The predicted molar refractivity (Wildman–Crippen MR) is 75.6 cm³/mol. The summed E-state index contributed by atoms with van der Waals surface area (Å²) in [5.41, 5.74) is 0.120. The van der Waals surface area contributed by atoms with Gasteiger partial charge >= 0.3 is 0 Å². The summed E-state index contributed by atoms with van der Waals surface area (Å²) in [7, 11) is 2.05. The molecule has 0 aliphatic carbocycles. The summed E-state index contributed by atoms with van der Waals surface area (Å²) in [6.07, 6.45) is 8.75. The number of ether oxygens (including phenoxy) is 1. The van der Waals surface area contributed by atoms with Crippen molar-refractivity contribution in [1.29, 1.82) is 0 Å². The van der Waals surface area contributed by atoms with Crippen molar-refractivity contribution >= 4 is 0 Å². The fourth-order valence-electron chi connectivity index (χ4n) is 3.31. The maximum Gasteiger partial charge on any atom is 0.111 e. The Morgan fingerprint density at radius 1 is 1.22 bits per heavy atom. The first kappa shape index (κ1) is 13.9. The number of hydrogen-bond acceptors (Lipinski definition) is 3. The van der Waals surface area contributed by atoms with Crippen LogP contribution < -0.4 is 5.32 Å². The molecule has 2 heterocycles. The van der Waals surface area contributed by atoms with E-state index in [4.69, 9.17) is 4.74 Å². The second-order valence-corrected chi connectivity index (χ2v) is 6.02. The predicted octanol–water partition coefficient (Wildman–Crippen LogP) is 2.53. The smallest absolute Gasteiger partial charge is 0.111 e. The Hall–Kier alpha value is -0.540. The second kappa shape index (κ2) is 6.07. The Labute approximate surface area is 112 Å². The van der Waals surface area contributed by atoms with Crippen molar-refractivity contribution in [2.24, 2.45) is 0 Å². The van der Waals surface area contributed by atoms with Gasteiger partial charge in [0.1, 0.15) is 5.76 Å². The third-order valence-corrected chi connectivity index (χ3v) is 4.43. The summed E-state index contributed by atoms with van der Waals surface area (Å²) in [4.78, 5) is 2.64. The summed E-state index contributed by atoms with van der Waals surface area (Å²) in [6, 6.07) is 0.304. The molecule has 0 saturated carbocycles.